The van der Waals surface area contributed by atoms with Gasteiger partial charge in [0.25, 0.3) is 0 Å². The van der Waals surface area contributed by atoms with Gasteiger partial charge in [0.2, 0.25) is 5.91 Å². The van der Waals surface area contributed by atoms with Gasteiger partial charge in [0.1, 0.15) is 6.54 Å². The molecule has 1 saturated heterocycles. The Balaban J connectivity index is 1.33. The molecular weight excluding hydrogens is 635 g/mol. The third kappa shape index (κ3) is 8.14. The lowest BCUT2D eigenvalue weighted by molar-refractivity contribution is -0.122. The minimum atomic E-state index is -0.763. The molecule has 1 unspecified atom stereocenters. The SMILES string of the molecule is C[C@H](NC(=O)Cn1nnnc1C(CCCCB1OC(C)(C)C(C)(C)O1)NC(c1ccccc1)(c1ccccc1)c1ccccc1)c1ccccc1. The molecular formula is C41H49BN6O3. The molecule has 0 saturated carbocycles. The topological polar surface area (TPSA) is 103 Å². The molecule has 2 atom stereocenters. The second kappa shape index (κ2) is 15.7. The maximum absolute atomic E-state index is 13.5. The summed E-state index contributed by atoms with van der Waals surface area (Å²) in [5, 5.41) is 20.2. The fourth-order valence-electron chi connectivity index (χ4n) is 6.91. The first-order valence-electron chi connectivity index (χ1n) is 18.0. The molecule has 51 heavy (non-hydrogen) atoms. The van der Waals surface area contributed by atoms with Crippen LogP contribution < -0.4 is 10.6 Å². The Kier molecular flexibility index (Phi) is 11.1. The Hall–Kier alpha value is -4.64. The number of tetrazole rings is 1. The van der Waals surface area contributed by atoms with Crippen molar-refractivity contribution >= 4 is 13.0 Å². The summed E-state index contributed by atoms with van der Waals surface area (Å²) in [5.74, 6) is 0.431. The summed E-state index contributed by atoms with van der Waals surface area (Å²) >= 11 is 0. The summed E-state index contributed by atoms with van der Waals surface area (Å²) in [6, 6.07) is 40.9. The average molecular weight is 685 g/mol. The van der Waals surface area contributed by atoms with Gasteiger partial charge >= 0.3 is 7.12 Å². The third-order valence-corrected chi connectivity index (χ3v) is 10.3. The van der Waals surface area contributed by atoms with Gasteiger partial charge in [-0.05, 0) is 80.0 Å². The highest BCUT2D eigenvalue weighted by Gasteiger charge is 2.50. The van der Waals surface area contributed by atoms with E-state index in [1.165, 1.54) is 0 Å². The van der Waals surface area contributed by atoms with Crippen LogP contribution in [0.2, 0.25) is 6.32 Å². The number of aromatic nitrogens is 4. The van der Waals surface area contributed by atoms with Gasteiger partial charge in [-0.15, -0.1) is 5.10 Å². The smallest absolute Gasteiger partial charge is 0.403 e. The first-order valence-corrected chi connectivity index (χ1v) is 18.0. The Morgan fingerprint density at radius 2 is 1.25 bits per heavy atom. The second-order valence-corrected chi connectivity index (χ2v) is 14.4. The Bertz CT molecular complexity index is 1720. The number of nitrogens with zero attached hydrogens (tertiary/aromatic N) is 4. The number of nitrogens with one attached hydrogen (secondary N) is 2. The molecule has 9 nitrogen and oxygen atoms in total. The van der Waals surface area contributed by atoms with Gasteiger partial charge < -0.3 is 14.6 Å². The van der Waals surface area contributed by atoms with Crippen molar-refractivity contribution in [3.8, 4) is 0 Å². The van der Waals surface area contributed by atoms with E-state index in [-0.39, 0.29) is 42.9 Å². The fraction of sp³-hybridized carbons (Fsp3) is 0.366. The van der Waals surface area contributed by atoms with Crippen molar-refractivity contribution in [1.29, 1.82) is 0 Å². The lowest BCUT2D eigenvalue weighted by Gasteiger charge is -2.40. The number of carbonyl (C=O) groups excluding carboxylic acids is 1. The lowest BCUT2D eigenvalue weighted by Crippen LogP contribution is -2.47. The van der Waals surface area contributed by atoms with Crippen LogP contribution in [-0.4, -0.2) is 44.4 Å². The molecule has 0 spiro atoms. The first kappa shape index (κ1) is 36.2. The number of hydrogen-bond donors (Lipinski definition) is 2. The fourth-order valence-corrected chi connectivity index (χ4v) is 6.91. The van der Waals surface area contributed by atoms with Crippen LogP contribution >= 0.6 is 0 Å². The normalized spacial score (nSPS) is 16.5. The van der Waals surface area contributed by atoms with E-state index in [1.54, 1.807) is 4.68 Å². The van der Waals surface area contributed by atoms with Crippen molar-refractivity contribution in [2.24, 2.45) is 0 Å². The van der Waals surface area contributed by atoms with Crippen molar-refractivity contribution in [3.63, 3.8) is 0 Å². The molecule has 1 aliphatic heterocycles. The van der Waals surface area contributed by atoms with E-state index in [0.717, 1.165) is 41.4 Å². The van der Waals surface area contributed by atoms with Crippen LogP contribution in [-0.2, 0) is 26.2 Å². The molecule has 5 aromatic rings. The van der Waals surface area contributed by atoms with Crippen LogP contribution in [0, 0.1) is 0 Å². The maximum Gasteiger partial charge on any atom is 0.457 e. The summed E-state index contributed by atoms with van der Waals surface area (Å²) < 4.78 is 14.2. The van der Waals surface area contributed by atoms with E-state index in [2.05, 4.69) is 127 Å². The molecule has 1 amide bonds. The molecule has 264 valence electrons. The number of benzene rings is 4. The second-order valence-electron chi connectivity index (χ2n) is 14.4. The Labute approximate surface area is 302 Å². The van der Waals surface area contributed by atoms with Gasteiger partial charge in [-0.25, -0.2) is 4.68 Å². The molecule has 2 heterocycles. The highest BCUT2D eigenvalue weighted by atomic mass is 16.7. The number of unbranched alkanes of at least 4 members (excludes halogenated alkanes) is 1. The van der Waals surface area contributed by atoms with Crippen molar-refractivity contribution < 1.29 is 14.1 Å². The highest BCUT2D eigenvalue weighted by molar-refractivity contribution is 6.45. The number of amides is 1. The van der Waals surface area contributed by atoms with E-state index in [1.807, 2.05) is 55.5 Å². The van der Waals surface area contributed by atoms with E-state index < -0.39 is 5.54 Å². The van der Waals surface area contributed by atoms with Crippen LogP contribution in [0.1, 0.15) is 94.0 Å². The van der Waals surface area contributed by atoms with Crippen LogP contribution in [0.5, 0.6) is 0 Å². The zero-order chi connectivity index (χ0) is 35.9. The summed E-state index contributed by atoms with van der Waals surface area (Å²) in [6.07, 6.45) is 3.20. The van der Waals surface area contributed by atoms with Gasteiger partial charge in [-0.1, -0.05) is 134 Å². The molecule has 1 aromatic heterocycles. The Morgan fingerprint density at radius 3 is 1.76 bits per heavy atom. The van der Waals surface area contributed by atoms with Crippen LogP contribution in [0.3, 0.4) is 0 Å². The van der Waals surface area contributed by atoms with E-state index in [4.69, 9.17) is 9.31 Å². The molecule has 0 bridgehead atoms. The number of rotatable bonds is 15. The number of hydrogen-bond acceptors (Lipinski definition) is 7. The molecule has 0 radical (unpaired) electrons. The summed E-state index contributed by atoms with van der Waals surface area (Å²) in [5.41, 5.74) is 2.77. The van der Waals surface area contributed by atoms with E-state index in [0.29, 0.717) is 12.2 Å². The maximum atomic E-state index is 13.5. The molecule has 10 heteroatoms. The van der Waals surface area contributed by atoms with Gasteiger partial charge in [0.15, 0.2) is 5.82 Å². The molecule has 1 fully saturated rings. The molecule has 4 aromatic carbocycles. The average Bonchev–Trinajstić information content (AvgIpc) is 3.68. The summed E-state index contributed by atoms with van der Waals surface area (Å²) in [6.45, 7) is 10.3. The predicted octanol–water partition coefficient (Wildman–Crippen LogP) is 7.44. The van der Waals surface area contributed by atoms with Gasteiger partial charge in [0, 0.05) is 0 Å². The predicted molar refractivity (Wildman–Crippen MR) is 201 cm³/mol. The quantitative estimate of drug-likeness (QED) is 0.0672. The van der Waals surface area contributed by atoms with Gasteiger partial charge in [-0.3, -0.25) is 10.1 Å². The largest absolute Gasteiger partial charge is 0.457 e. The first-order chi connectivity index (χ1) is 24.6. The zero-order valence-corrected chi connectivity index (χ0v) is 30.3. The van der Waals surface area contributed by atoms with E-state index in [9.17, 15) is 4.79 Å². The highest BCUT2D eigenvalue weighted by Crippen LogP contribution is 2.41. The van der Waals surface area contributed by atoms with Gasteiger partial charge in [0.05, 0.1) is 28.8 Å². The van der Waals surface area contributed by atoms with E-state index >= 15 is 0 Å². The minimum absolute atomic E-state index is 0.0133. The molecule has 1 aliphatic rings. The third-order valence-electron chi connectivity index (χ3n) is 10.3. The Morgan fingerprint density at radius 1 is 0.765 bits per heavy atom. The van der Waals surface area contributed by atoms with Crippen molar-refractivity contribution in [2.75, 3.05) is 0 Å². The standard InChI is InChI=1S/C41H49BN6O3/c1-31(32-20-10-6-11-21-32)43-37(49)30-48-38(45-46-47-48)36(28-18-19-29-42-50-39(2,3)40(4,5)51-42)44-41(33-22-12-7-13-23-33,34-24-14-8-15-25-34)35-26-16-9-17-27-35/h6-17,20-27,31,36,44H,18-19,28-30H2,1-5H3,(H,43,49)/t31-,36?/m0/s1. The van der Waals surface area contributed by atoms with Crippen LogP contribution in [0.25, 0.3) is 0 Å². The van der Waals surface area contributed by atoms with Crippen LogP contribution in [0.15, 0.2) is 121 Å². The zero-order valence-electron chi connectivity index (χ0n) is 30.3. The van der Waals surface area contributed by atoms with Crippen molar-refractivity contribution in [2.45, 2.75) is 95.6 Å². The van der Waals surface area contributed by atoms with Crippen molar-refractivity contribution in [1.82, 2.24) is 30.8 Å². The molecule has 0 aliphatic carbocycles. The van der Waals surface area contributed by atoms with Crippen molar-refractivity contribution in [3.05, 3.63) is 149 Å². The lowest BCUT2D eigenvalue weighted by atomic mass is 9.76. The van der Waals surface area contributed by atoms with Gasteiger partial charge in [-0.2, -0.15) is 0 Å². The molecule has 2 N–H and O–H groups in total. The minimum Gasteiger partial charge on any atom is -0.403 e. The molecule has 6 rings (SSSR count). The van der Waals surface area contributed by atoms with Crippen LogP contribution in [0.4, 0.5) is 0 Å². The monoisotopic (exact) mass is 684 g/mol. The summed E-state index contributed by atoms with van der Waals surface area (Å²) in [7, 11) is -0.265. The number of carbonyl (C=O) groups is 1. The summed E-state index contributed by atoms with van der Waals surface area (Å²) in [4.78, 5) is 13.5.